The zero-order valence-corrected chi connectivity index (χ0v) is 14.7. The molecule has 0 aromatic heterocycles. The molecule has 0 bridgehead atoms. The number of nitro groups is 1. The van der Waals surface area contributed by atoms with Crippen LogP contribution >= 0.6 is 35.0 Å². The molecule has 1 aliphatic rings. The number of nitrogens with one attached hydrogen (secondary N) is 1. The summed E-state index contributed by atoms with van der Waals surface area (Å²) in [5, 5.41) is 14.5. The van der Waals surface area contributed by atoms with Crippen LogP contribution in [0.15, 0.2) is 52.4 Å². The summed E-state index contributed by atoms with van der Waals surface area (Å²) in [6.07, 6.45) is 1.56. The first-order chi connectivity index (χ1) is 11.9. The molecule has 1 heterocycles. The third-order valence-electron chi connectivity index (χ3n) is 3.18. The molecule has 1 aliphatic heterocycles. The first-order valence-corrected chi connectivity index (χ1v) is 8.49. The van der Waals surface area contributed by atoms with Gasteiger partial charge in [0.15, 0.2) is 5.17 Å². The normalized spacial score (nSPS) is 17.1. The van der Waals surface area contributed by atoms with E-state index < -0.39 is 4.92 Å². The third kappa shape index (κ3) is 4.01. The molecule has 0 unspecified atom stereocenters. The Kier molecular flexibility index (Phi) is 5.08. The number of amides is 1. The van der Waals surface area contributed by atoms with E-state index in [9.17, 15) is 14.9 Å². The number of amidine groups is 1. The van der Waals surface area contributed by atoms with E-state index in [-0.39, 0.29) is 11.6 Å². The molecule has 126 valence electrons. The summed E-state index contributed by atoms with van der Waals surface area (Å²) < 4.78 is 0. The van der Waals surface area contributed by atoms with Crippen molar-refractivity contribution in [1.29, 1.82) is 0 Å². The van der Waals surface area contributed by atoms with Crippen LogP contribution in [0.25, 0.3) is 6.08 Å². The molecule has 1 N–H and O–H groups in total. The van der Waals surface area contributed by atoms with Gasteiger partial charge >= 0.3 is 0 Å². The summed E-state index contributed by atoms with van der Waals surface area (Å²) in [6, 6.07) is 11.0. The van der Waals surface area contributed by atoms with Crippen LogP contribution in [-0.2, 0) is 4.79 Å². The largest absolute Gasteiger partial charge is 0.300 e. The monoisotopic (exact) mass is 393 g/mol. The minimum absolute atomic E-state index is 0.0441. The summed E-state index contributed by atoms with van der Waals surface area (Å²) in [6.45, 7) is 0. The van der Waals surface area contributed by atoms with Gasteiger partial charge in [-0.05, 0) is 35.5 Å². The predicted molar refractivity (Wildman–Crippen MR) is 100 cm³/mol. The number of carbonyl (C=O) groups is 1. The van der Waals surface area contributed by atoms with Gasteiger partial charge in [0.2, 0.25) is 0 Å². The maximum Gasteiger partial charge on any atom is 0.270 e. The lowest BCUT2D eigenvalue weighted by molar-refractivity contribution is -0.384. The fourth-order valence-electron chi connectivity index (χ4n) is 2.05. The van der Waals surface area contributed by atoms with Gasteiger partial charge in [-0.15, -0.1) is 0 Å². The van der Waals surface area contributed by atoms with Crippen LogP contribution < -0.4 is 5.32 Å². The maximum absolute atomic E-state index is 12.1. The van der Waals surface area contributed by atoms with Crippen LogP contribution in [0.2, 0.25) is 10.0 Å². The molecule has 9 heteroatoms. The first kappa shape index (κ1) is 17.5. The Bertz CT molecular complexity index is 944. The van der Waals surface area contributed by atoms with Crippen LogP contribution in [-0.4, -0.2) is 16.0 Å². The molecule has 2 aromatic carbocycles. The molecule has 0 radical (unpaired) electrons. The molecule has 2 aromatic rings. The molecule has 1 fully saturated rings. The lowest BCUT2D eigenvalue weighted by Gasteiger charge is -2.00. The summed E-state index contributed by atoms with van der Waals surface area (Å²) in [7, 11) is 0. The first-order valence-electron chi connectivity index (χ1n) is 6.92. The molecule has 0 atom stereocenters. The van der Waals surface area contributed by atoms with Crippen molar-refractivity contribution < 1.29 is 9.72 Å². The summed E-state index contributed by atoms with van der Waals surface area (Å²) in [4.78, 5) is 27.1. The lowest BCUT2D eigenvalue weighted by Crippen LogP contribution is -2.19. The van der Waals surface area contributed by atoms with Gasteiger partial charge in [-0.2, -0.15) is 0 Å². The highest BCUT2D eigenvalue weighted by Crippen LogP contribution is 2.34. The average Bonchev–Trinajstić information content (AvgIpc) is 2.91. The Hall–Kier alpha value is -2.35. The summed E-state index contributed by atoms with van der Waals surface area (Å²) in [5.74, 6) is -0.339. The van der Waals surface area contributed by atoms with Crippen LogP contribution in [0.1, 0.15) is 5.56 Å². The van der Waals surface area contributed by atoms with E-state index in [2.05, 4.69) is 10.3 Å². The van der Waals surface area contributed by atoms with Gasteiger partial charge < -0.3 is 5.32 Å². The molecule has 1 amide bonds. The fourth-order valence-corrected chi connectivity index (χ4v) is 3.22. The lowest BCUT2D eigenvalue weighted by atomic mass is 10.2. The highest BCUT2D eigenvalue weighted by Gasteiger charge is 2.24. The van der Waals surface area contributed by atoms with E-state index in [1.165, 1.54) is 12.1 Å². The number of nitro benzene ring substituents is 1. The number of hydrogen-bond acceptors (Lipinski definition) is 5. The van der Waals surface area contributed by atoms with Gasteiger partial charge in [0.25, 0.3) is 11.6 Å². The summed E-state index contributed by atoms with van der Waals surface area (Å²) in [5.41, 5.74) is 0.944. The van der Waals surface area contributed by atoms with Gasteiger partial charge in [-0.3, -0.25) is 14.9 Å². The highest BCUT2D eigenvalue weighted by atomic mass is 35.5. The number of hydrogen-bond donors (Lipinski definition) is 1. The topological polar surface area (TPSA) is 84.6 Å². The van der Waals surface area contributed by atoms with Gasteiger partial charge in [-0.1, -0.05) is 41.4 Å². The van der Waals surface area contributed by atoms with Crippen molar-refractivity contribution in [1.82, 2.24) is 5.32 Å². The third-order valence-corrected chi connectivity index (χ3v) is 4.90. The van der Waals surface area contributed by atoms with Gasteiger partial charge in [0.05, 0.1) is 25.6 Å². The molecule has 1 saturated heterocycles. The quantitative estimate of drug-likeness (QED) is 0.461. The number of carbonyl (C=O) groups excluding carboxylic acids is 1. The van der Waals surface area contributed by atoms with E-state index in [4.69, 9.17) is 23.2 Å². The van der Waals surface area contributed by atoms with Gasteiger partial charge in [0, 0.05) is 12.1 Å². The van der Waals surface area contributed by atoms with Crippen LogP contribution in [0.3, 0.4) is 0 Å². The number of non-ortho nitro benzene ring substituents is 1. The van der Waals surface area contributed by atoms with Crippen molar-refractivity contribution in [2.45, 2.75) is 0 Å². The standard InChI is InChI=1S/C16H9Cl2N3O3S/c17-11-5-2-6-12(14(11)18)19-16-20-15(22)13(25-16)8-9-3-1-4-10(7-9)21(23)24/h1-8H,(H,19,20,22)/b13-8-. The Morgan fingerprint density at radius 1 is 1.20 bits per heavy atom. The fraction of sp³-hybridized carbons (Fsp3) is 0. The molecule has 0 saturated carbocycles. The predicted octanol–water partition coefficient (Wildman–Crippen LogP) is 4.79. The Morgan fingerprint density at radius 3 is 2.72 bits per heavy atom. The smallest absolute Gasteiger partial charge is 0.270 e. The van der Waals surface area contributed by atoms with Crippen molar-refractivity contribution in [3.05, 3.63) is 73.1 Å². The SMILES string of the molecule is O=C1NC(=Nc2cccc(Cl)c2Cl)S/C1=C\c1cccc([N+](=O)[O-])c1. The average molecular weight is 394 g/mol. The van der Waals surface area contributed by atoms with Gasteiger partial charge in [0.1, 0.15) is 0 Å². The van der Waals surface area contributed by atoms with Crippen molar-refractivity contribution in [3.8, 4) is 0 Å². The number of nitrogens with zero attached hydrogens (tertiary/aromatic N) is 2. The molecule has 3 rings (SSSR count). The van der Waals surface area contributed by atoms with E-state index in [0.29, 0.717) is 31.4 Å². The van der Waals surface area contributed by atoms with E-state index >= 15 is 0 Å². The summed E-state index contributed by atoms with van der Waals surface area (Å²) >= 11 is 13.1. The maximum atomic E-state index is 12.1. The molecule has 6 nitrogen and oxygen atoms in total. The van der Waals surface area contributed by atoms with Crippen molar-refractivity contribution in [2.24, 2.45) is 4.99 Å². The molecule has 0 aliphatic carbocycles. The number of thioether (sulfide) groups is 1. The van der Waals surface area contributed by atoms with E-state index in [1.54, 1.807) is 36.4 Å². The van der Waals surface area contributed by atoms with Crippen molar-refractivity contribution in [3.63, 3.8) is 0 Å². The number of benzene rings is 2. The molecule has 0 spiro atoms. The van der Waals surface area contributed by atoms with Crippen LogP contribution in [0, 0.1) is 10.1 Å². The van der Waals surface area contributed by atoms with Crippen LogP contribution in [0.5, 0.6) is 0 Å². The minimum Gasteiger partial charge on any atom is -0.300 e. The zero-order chi connectivity index (χ0) is 18.0. The zero-order valence-electron chi connectivity index (χ0n) is 12.4. The number of halogens is 2. The number of aliphatic imine (C=N–C) groups is 1. The van der Waals surface area contributed by atoms with Gasteiger partial charge in [-0.25, -0.2) is 4.99 Å². The van der Waals surface area contributed by atoms with E-state index in [0.717, 1.165) is 11.8 Å². The van der Waals surface area contributed by atoms with Crippen LogP contribution in [0.4, 0.5) is 11.4 Å². The highest BCUT2D eigenvalue weighted by molar-refractivity contribution is 8.18. The minimum atomic E-state index is -0.488. The molecular weight excluding hydrogens is 385 g/mol. The Balaban J connectivity index is 1.87. The molecular formula is C16H9Cl2N3O3S. The molecule has 25 heavy (non-hydrogen) atoms. The van der Waals surface area contributed by atoms with Crippen molar-refractivity contribution >= 4 is 63.5 Å². The van der Waals surface area contributed by atoms with E-state index in [1.807, 2.05) is 0 Å². The second kappa shape index (κ2) is 7.26. The van der Waals surface area contributed by atoms with Crippen molar-refractivity contribution in [2.75, 3.05) is 0 Å². The second-order valence-corrected chi connectivity index (χ2v) is 6.72. The second-order valence-electron chi connectivity index (χ2n) is 4.91. The Morgan fingerprint density at radius 2 is 1.96 bits per heavy atom. The Labute approximate surface area is 156 Å². The number of rotatable bonds is 3.